The maximum absolute atomic E-state index is 12.4. The van der Waals surface area contributed by atoms with Crippen molar-refractivity contribution in [1.29, 1.82) is 0 Å². The second kappa shape index (κ2) is 6.34. The van der Waals surface area contributed by atoms with Crippen molar-refractivity contribution < 1.29 is 19.4 Å². The molecule has 2 rings (SSSR count). The number of ether oxygens (including phenoxy) is 2. The van der Waals surface area contributed by atoms with Crippen LogP contribution >= 0.6 is 11.8 Å². The number of benzene rings is 1. The number of carbonyl (C=O) groups is 1. The number of ketones is 1. The lowest BCUT2D eigenvalue weighted by atomic mass is 9.77. The molecule has 0 heterocycles. The van der Waals surface area contributed by atoms with Gasteiger partial charge in [0.05, 0.1) is 12.2 Å². The van der Waals surface area contributed by atoms with Crippen LogP contribution in [0.3, 0.4) is 0 Å². The van der Waals surface area contributed by atoms with Gasteiger partial charge in [0.15, 0.2) is 5.76 Å². The molecule has 1 aliphatic carbocycles. The fourth-order valence-corrected chi connectivity index (χ4v) is 2.69. The number of rotatable bonds is 6. The third-order valence-corrected chi connectivity index (χ3v) is 4.03. The summed E-state index contributed by atoms with van der Waals surface area (Å²) in [4.78, 5) is 13.5. The third-order valence-electron chi connectivity index (χ3n) is 3.28. The van der Waals surface area contributed by atoms with E-state index in [-0.39, 0.29) is 23.7 Å². The molecule has 5 heteroatoms. The highest BCUT2D eigenvalue weighted by atomic mass is 32.2. The molecule has 0 saturated carbocycles. The van der Waals surface area contributed by atoms with Gasteiger partial charge in [0, 0.05) is 4.90 Å². The highest BCUT2D eigenvalue weighted by Gasteiger charge is 2.58. The summed E-state index contributed by atoms with van der Waals surface area (Å²) >= 11 is 1.60. The first-order valence-electron chi connectivity index (χ1n) is 7.30. The van der Waals surface area contributed by atoms with Crippen LogP contribution in [-0.2, 0) is 19.9 Å². The molecule has 1 aromatic rings. The van der Waals surface area contributed by atoms with Crippen LogP contribution in [0, 0.1) is 0 Å². The largest absolute Gasteiger partial charge is 0.487 e. The van der Waals surface area contributed by atoms with Gasteiger partial charge in [0.2, 0.25) is 17.1 Å². The molecular formula is C17H22O4S. The van der Waals surface area contributed by atoms with Crippen LogP contribution in [0.1, 0.15) is 33.3 Å². The zero-order chi connectivity index (χ0) is 16.5. The van der Waals surface area contributed by atoms with Crippen LogP contribution < -0.4 is 0 Å². The summed E-state index contributed by atoms with van der Waals surface area (Å²) in [6, 6.07) is 7.25. The summed E-state index contributed by atoms with van der Waals surface area (Å²) in [6.45, 7) is 7.36. The van der Waals surface area contributed by atoms with Crippen molar-refractivity contribution in [2.45, 2.75) is 50.4 Å². The van der Waals surface area contributed by atoms with Crippen LogP contribution in [0.5, 0.6) is 0 Å². The van der Waals surface area contributed by atoms with Gasteiger partial charge in [0.25, 0.3) is 0 Å². The predicted octanol–water partition coefficient (Wildman–Crippen LogP) is 3.24. The van der Waals surface area contributed by atoms with Crippen LogP contribution in [-0.4, -0.2) is 29.4 Å². The molecule has 0 aromatic heterocycles. The van der Waals surface area contributed by atoms with Crippen molar-refractivity contribution in [1.82, 2.24) is 0 Å². The van der Waals surface area contributed by atoms with Gasteiger partial charge < -0.3 is 14.6 Å². The lowest BCUT2D eigenvalue weighted by Gasteiger charge is -2.39. The monoisotopic (exact) mass is 322 g/mol. The molecular weight excluding hydrogens is 300 g/mol. The van der Waals surface area contributed by atoms with Crippen LogP contribution in [0.2, 0.25) is 0 Å². The van der Waals surface area contributed by atoms with E-state index in [2.05, 4.69) is 0 Å². The molecule has 0 spiro atoms. The number of aliphatic hydroxyl groups is 1. The van der Waals surface area contributed by atoms with Crippen molar-refractivity contribution in [3.8, 4) is 0 Å². The SMILES string of the molecule is CSc1ccc(C2(O)C(=O)C(OC(C)C)=C2OC(C)C)cc1. The van der Waals surface area contributed by atoms with Crippen molar-refractivity contribution in [2.24, 2.45) is 0 Å². The smallest absolute Gasteiger partial charge is 0.245 e. The van der Waals surface area contributed by atoms with Gasteiger partial charge in [0.1, 0.15) is 0 Å². The fraction of sp³-hybridized carbons (Fsp3) is 0.471. The Morgan fingerprint density at radius 1 is 1.05 bits per heavy atom. The molecule has 0 aliphatic heterocycles. The first kappa shape index (κ1) is 16.9. The van der Waals surface area contributed by atoms with E-state index in [1.54, 1.807) is 23.9 Å². The van der Waals surface area contributed by atoms with E-state index in [1.807, 2.05) is 46.1 Å². The van der Waals surface area contributed by atoms with Gasteiger partial charge >= 0.3 is 0 Å². The summed E-state index contributed by atoms with van der Waals surface area (Å²) in [5, 5.41) is 10.9. The van der Waals surface area contributed by atoms with Crippen LogP contribution in [0.4, 0.5) is 0 Å². The van der Waals surface area contributed by atoms with Crippen LogP contribution in [0.25, 0.3) is 0 Å². The van der Waals surface area contributed by atoms with Crippen LogP contribution in [0.15, 0.2) is 40.7 Å². The Bertz CT molecular complexity index is 589. The molecule has 0 radical (unpaired) electrons. The number of hydrogen-bond acceptors (Lipinski definition) is 5. The van der Waals surface area contributed by atoms with Gasteiger partial charge in [-0.3, -0.25) is 4.79 Å². The molecule has 1 aliphatic rings. The van der Waals surface area contributed by atoms with E-state index < -0.39 is 11.4 Å². The summed E-state index contributed by atoms with van der Waals surface area (Å²) in [5.41, 5.74) is -1.24. The maximum atomic E-state index is 12.4. The second-order valence-electron chi connectivity index (χ2n) is 5.76. The molecule has 0 bridgehead atoms. The van der Waals surface area contributed by atoms with Gasteiger partial charge in [-0.1, -0.05) is 12.1 Å². The van der Waals surface area contributed by atoms with Crippen molar-refractivity contribution in [3.05, 3.63) is 41.3 Å². The number of hydrogen-bond donors (Lipinski definition) is 1. The average molecular weight is 322 g/mol. The molecule has 0 amide bonds. The highest BCUT2D eigenvalue weighted by Crippen LogP contribution is 2.45. The molecule has 1 atom stereocenters. The zero-order valence-electron chi connectivity index (χ0n) is 13.5. The molecule has 0 fully saturated rings. The zero-order valence-corrected chi connectivity index (χ0v) is 14.4. The Balaban J connectivity index is 2.42. The molecule has 22 heavy (non-hydrogen) atoms. The maximum Gasteiger partial charge on any atom is 0.245 e. The van der Waals surface area contributed by atoms with Gasteiger partial charge in [-0.15, -0.1) is 11.8 Å². The Morgan fingerprint density at radius 2 is 1.59 bits per heavy atom. The molecule has 0 saturated heterocycles. The van der Waals surface area contributed by atoms with Crippen molar-refractivity contribution in [2.75, 3.05) is 6.26 Å². The lowest BCUT2D eigenvalue weighted by molar-refractivity contribution is -0.151. The normalized spacial score (nSPS) is 21.4. The first-order chi connectivity index (χ1) is 10.3. The minimum absolute atomic E-state index is 0.125. The van der Waals surface area contributed by atoms with E-state index in [9.17, 15) is 9.90 Å². The van der Waals surface area contributed by atoms with Gasteiger partial charge in [-0.25, -0.2) is 0 Å². The quantitative estimate of drug-likeness (QED) is 0.815. The summed E-state index contributed by atoms with van der Waals surface area (Å²) in [6.07, 6.45) is 1.65. The fourth-order valence-electron chi connectivity index (χ4n) is 2.28. The van der Waals surface area contributed by atoms with E-state index in [1.165, 1.54) is 0 Å². The van der Waals surface area contributed by atoms with E-state index >= 15 is 0 Å². The lowest BCUT2D eigenvalue weighted by Crippen LogP contribution is -2.51. The minimum Gasteiger partial charge on any atom is -0.487 e. The predicted molar refractivity (Wildman–Crippen MR) is 86.6 cm³/mol. The molecule has 120 valence electrons. The summed E-state index contributed by atoms with van der Waals surface area (Å²) in [7, 11) is 0. The number of Topliss-reactive ketones (excluding diaryl/α,β-unsaturated/α-hetero) is 1. The minimum atomic E-state index is -1.74. The first-order valence-corrected chi connectivity index (χ1v) is 8.53. The van der Waals surface area contributed by atoms with E-state index in [0.717, 1.165) is 4.90 Å². The molecule has 1 N–H and O–H groups in total. The molecule has 4 nitrogen and oxygen atoms in total. The number of carbonyl (C=O) groups excluding carboxylic acids is 1. The van der Waals surface area contributed by atoms with Gasteiger partial charge in [-0.2, -0.15) is 0 Å². The highest BCUT2D eigenvalue weighted by molar-refractivity contribution is 7.98. The van der Waals surface area contributed by atoms with E-state index in [4.69, 9.17) is 9.47 Å². The third kappa shape index (κ3) is 2.88. The topological polar surface area (TPSA) is 55.8 Å². The average Bonchev–Trinajstić information content (AvgIpc) is 2.49. The van der Waals surface area contributed by atoms with Gasteiger partial charge in [-0.05, 0) is 51.6 Å². The summed E-state index contributed by atoms with van der Waals surface area (Å²) < 4.78 is 11.2. The van der Waals surface area contributed by atoms with Crippen molar-refractivity contribution in [3.63, 3.8) is 0 Å². The standard InChI is InChI=1S/C17H22O4S/c1-10(2)20-14-15(18)17(19,16(14)21-11(3)4)12-6-8-13(22-5)9-7-12/h6-11,19H,1-5H3. The molecule has 1 aromatic carbocycles. The Hall–Kier alpha value is -1.46. The Labute approximate surface area is 135 Å². The van der Waals surface area contributed by atoms with Crippen molar-refractivity contribution >= 4 is 17.5 Å². The summed E-state index contributed by atoms with van der Waals surface area (Å²) in [5.74, 6) is -0.119. The molecule has 1 unspecified atom stereocenters. The number of thioether (sulfide) groups is 1. The Morgan fingerprint density at radius 3 is 2.05 bits per heavy atom. The van der Waals surface area contributed by atoms with E-state index in [0.29, 0.717) is 5.56 Å². The Kier molecular flexibility index (Phi) is 4.87. The second-order valence-corrected chi connectivity index (χ2v) is 6.64.